The van der Waals surface area contributed by atoms with Crippen LogP contribution in [0.15, 0.2) is 59.5 Å². The number of rotatable bonds is 3. The van der Waals surface area contributed by atoms with Crippen LogP contribution >= 0.6 is 15.9 Å². The third-order valence-electron chi connectivity index (χ3n) is 3.43. The van der Waals surface area contributed by atoms with Gasteiger partial charge in [-0.2, -0.15) is 0 Å². The van der Waals surface area contributed by atoms with E-state index in [2.05, 4.69) is 15.9 Å². The van der Waals surface area contributed by atoms with Gasteiger partial charge in [0, 0.05) is 16.4 Å². The molecule has 0 N–H and O–H groups in total. The summed E-state index contributed by atoms with van der Waals surface area (Å²) < 4.78 is 27.3. The van der Waals surface area contributed by atoms with E-state index in [1.54, 1.807) is 12.1 Å². The van der Waals surface area contributed by atoms with Gasteiger partial charge in [0.15, 0.2) is 0 Å². The predicted molar refractivity (Wildman–Crippen MR) is 88.3 cm³/mol. The van der Waals surface area contributed by atoms with Crippen molar-refractivity contribution in [3.63, 3.8) is 0 Å². The number of halogens is 1. The zero-order chi connectivity index (χ0) is 15.0. The average Bonchev–Trinajstić information content (AvgIpc) is 2.87. The molecule has 3 rings (SSSR count). The molecule has 5 heteroatoms. The lowest BCUT2D eigenvalue weighted by atomic mass is 10.2. The molecule has 0 bridgehead atoms. The van der Waals surface area contributed by atoms with E-state index in [-0.39, 0.29) is 0 Å². The van der Waals surface area contributed by atoms with Crippen molar-refractivity contribution in [1.29, 1.82) is 0 Å². The van der Waals surface area contributed by atoms with E-state index in [4.69, 9.17) is 0 Å². The molecule has 0 aliphatic heterocycles. The largest absolute Gasteiger partial charge is 0.268 e. The molecule has 0 fully saturated rings. The topological polar surface area (TPSA) is 39.1 Å². The van der Waals surface area contributed by atoms with Crippen molar-refractivity contribution in [2.75, 3.05) is 0 Å². The van der Waals surface area contributed by atoms with Crippen LogP contribution in [-0.4, -0.2) is 12.4 Å². The van der Waals surface area contributed by atoms with E-state index in [1.165, 1.54) is 3.97 Å². The van der Waals surface area contributed by atoms with E-state index in [0.29, 0.717) is 15.7 Å². The fourth-order valence-corrected chi connectivity index (χ4v) is 4.50. The van der Waals surface area contributed by atoms with Gasteiger partial charge >= 0.3 is 0 Å². The van der Waals surface area contributed by atoms with Crippen molar-refractivity contribution in [3.8, 4) is 0 Å². The van der Waals surface area contributed by atoms with Gasteiger partial charge in [0.25, 0.3) is 10.0 Å². The summed E-state index contributed by atoms with van der Waals surface area (Å²) in [5.74, 6) is 0. The summed E-state index contributed by atoms with van der Waals surface area (Å²) in [4.78, 5) is 0.302. The van der Waals surface area contributed by atoms with Crippen LogP contribution in [0.1, 0.15) is 11.3 Å². The molecule has 0 spiro atoms. The Morgan fingerprint density at radius 3 is 2.38 bits per heavy atom. The highest BCUT2D eigenvalue weighted by molar-refractivity contribution is 9.08. The van der Waals surface area contributed by atoms with E-state index < -0.39 is 10.0 Å². The number of para-hydroxylation sites is 1. The normalized spacial score (nSPS) is 11.9. The Balaban J connectivity index is 2.30. The molecule has 2 aromatic carbocycles. The van der Waals surface area contributed by atoms with Crippen LogP contribution in [0, 0.1) is 6.92 Å². The number of aryl methyl sites for hydroxylation is 1. The smallest absolute Gasteiger partial charge is 0.237 e. The maximum absolute atomic E-state index is 12.9. The summed E-state index contributed by atoms with van der Waals surface area (Å²) in [5.41, 5.74) is 2.45. The molecule has 0 aliphatic rings. The van der Waals surface area contributed by atoms with E-state index in [1.807, 2.05) is 49.4 Å². The van der Waals surface area contributed by atoms with Gasteiger partial charge in [-0.25, -0.2) is 12.4 Å². The number of hydrogen-bond acceptors (Lipinski definition) is 2. The maximum Gasteiger partial charge on any atom is 0.268 e. The molecule has 108 valence electrons. The first-order valence-electron chi connectivity index (χ1n) is 6.51. The van der Waals surface area contributed by atoms with Crippen LogP contribution in [0.4, 0.5) is 0 Å². The molecule has 0 saturated carbocycles. The minimum atomic E-state index is -3.60. The van der Waals surface area contributed by atoms with Crippen molar-refractivity contribution in [2.45, 2.75) is 17.1 Å². The third-order valence-corrected chi connectivity index (χ3v) is 5.79. The van der Waals surface area contributed by atoms with Crippen LogP contribution in [-0.2, 0) is 15.4 Å². The second-order valence-electron chi connectivity index (χ2n) is 4.91. The summed E-state index contributed by atoms with van der Waals surface area (Å²) in [6, 6.07) is 16.3. The van der Waals surface area contributed by atoms with Gasteiger partial charge < -0.3 is 0 Å². The van der Waals surface area contributed by atoms with Crippen molar-refractivity contribution >= 4 is 36.9 Å². The predicted octanol–water partition coefficient (Wildman–Crippen LogP) is 4.08. The maximum atomic E-state index is 12.9. The van der Waals surface area contributed by atoms with E-state index in [9.17, 15) is 8.42 Å². The first-order valence-corrected chi connectivity index (χ1v) is 9.08. The van der Waals surface area contributed by atoms with Gasteiger partial charge in [-0.1, -0.05) is 51.8 Å². The number of benzene rings is 2. The van der Waals surface area contributed by atoms with Gasteiger partial charge in [0.05, 0.1) is 10.4 Å². The monoisotopic (exact) mass is 363 g/mol. The number of hydrogen-bond donors (Lipinski definition) is 0. The number of fused-ring (bicyclic) bond motifs is 1. The average molecular weight is 364 g/mol. The molecule has 0 atom stereocenters. The SMILES string of the molecule is Cc1ccc(S(=O)(=O)n2c(CBr)cc3ccccc32)cc1. The van der Waals surface area contributed by atoms with Gasteiger partial charge in [-0.05, 0) is 31.2 Å². The lowest BCUT2D eigenvalue weighted by molar-refractivity contribution is 0.588. The minimum absolute atomic E-state index is 0.302. The molecule has 1 aromatic heterocycles. The van der Waals surface area contributed by atoms with Crippen molar-refractivity contribution in [2.24, 2.45) is 0 Å². The summed E-state index contributed by atoms with van der Waals surface area (Å²) in [6.45, 7) is 1.94. The first-order chi connectivity index (χ1) is 10.0. The molecule has 0 amide bonds. The second-order valence-corrected chi connectivity index (χ2v) is 7.26. The van der Waals surface area contributed by atoms with Crippen LogP contribution in [0.25, 0.3) is 10.9 Å². The summed E-state index contributed by atoms with van der Waals surface area (Å²) in [6.07, 6.45) is 0. The molecule has 21 heavy (non-hydrogen) atoms. The molecule has 3 nitrogen and oxygen atoms in total. The van der Waals surface area contributed by atoms with Crippen LogP contribution in [0.5, 0.6) is 0 Å². The first kappa shape index (κ1) is 14.4. The van der Waals surface area contributed by atoms with Crippen molar-refractivity contribution in [3.05, 3.63) is 65.9 Å². The standard InChI is InChI=1S/C16H14BrNO2S/c1-12-6-8-15(9-7-12)21(19,20)18-14(11-17)10-13-4-2-3-5-16(13)18/h2-10H,11H2,1H3. The van der Waals surface area contributed by atoms with Gasteiger partial charge in [0.1, 0.15) is 0 Å². The minimum Gasteiger partial charge on any atom is -0.237 e. The lowest BCUT2D eigenvalue weighted by Crippen LogP contribution is -2.15. The quantitative estimate of drug-likeness (QED) is 0.657. The highest BCUT2D eigenvalue weighted by Crippen LogP contribution is 2.27. The molecule has 1 heterocycles. The molecule has 0 saturated heterocycles. The van der Waals surface area contributed by atoms with Crippen LogP contribution in [0.3, 0.4) is 0 Å². The molecular formula is C16H14BrNO2S. The van der Waals surface area contributed by atoms with Gasteiger partial charge in [-0.15, -0.1) is 0 Å². The Labute approximate surface area is 132 Å². The fourth-order valence-electron chi connectivity index (χ4n) is 2.38. The molecule has 0 unspecified atom stereocenters. The molecular weight excluding hydrogens is 350 g/mol. The number of alkyl halides is 1. The molecule has 0 aliphatic carbocycles. The highest BCUT2D eigenvalue weighted by Gasteiger charge is 2.22. The van der Waals surface area contributed by atoms with Crippen molar-refractivity contribution in [1.82, 2.24) is 3.97 Å². The molecule has 3 aromatic rings. The van der Waals surface area contributed by atoms with Gasteiger partial charge in [0.2, 0.25) is 0 Å². The Kier molecular flexibility index (Phi) is 3.63. The zero-order valence-corrected chi connectivity index (χ0v) is 13.9. The van der Waals surface area contributed by atoms with Crippen molar-refractivity contribution < 1.29 is 8.42 Å². The lowest BCUT2D eigenvalue weighted by Gasteiger charge is -2.11. The van der Waals surface area contributed by atoms with Gasteiger partial charge in [-0.3, -0.25) is 0 Å². The zero-order valence-electron chi connectivity index (χ0n) is 11.5. The number of nitrogens with zero attached hydrogens (tertiary/aromatic N) is 1. The summed E-state index contributed by atoms with van der Waals surface area (Å²) in [7, 11) is -3.60. The highest BCUT2D eigenvalue weighted by atomic mass is 79.9. The van der Waals surface area contributed by atoms with Crippen LogP contribution < -0.4 is 0 Å². The third kappa shape index (κ3) is 2.40. The fraction of sp³-hybridized carbons (Fsp3) is 0.125. The Bertz CT molecular complexity index is 896. The van der Waals surface area contributed by atoms with Crippen LogP contribution in [0.2, 0.25) is 0 Å². The summed E-state index contributed by atoms with van der Waals surface area (Å²) in [5, 5.41) is 1.40. The number of aromatic nitrogens is 1. The Morgan fingerprint density at radius 1 is 1.05 bits per heavy atom. The summed E-state index contributed by atoms with van der Waals surface area (Å²) >= 11 is 3.38. The Morgan fingerprint density at radius 2 is 1.71 bits per heavy atom. The molecule has 0 radical (unpaired) electrons. The van der Waals surface area contributed by atoms with E-state index >= 15 is 0 Å². The second kappa shape index (κ2) is 5.31. The Hall–Kier alpha value is -1.59. The van der Waals surface area contributed by atoms with E-state index in [0.717, 1.165) is 16.6 Å².